The third-order valence-corrected chi connectivity index (χ3v) is 1.89. The van der Waals surface area contributed by atoms with Crippen LogP contribution in [0.3, 0.4) is 0 Å². The van der Waals surface area contributed by atoms with Gasteiger partial charge < -0.3 is 5.32 Å². The van der Waals surface area contributed by atoms with E-state index in [1.165, 1.54) is 6.07 Å². The van der Waals surface area contributed by atoms with Crippen LogP contribution in [-0.2, 0) is 4.79 Å². The fourth-order valence-electron chi connectivity index (χ4n) is 1.15. The molecule has 0 radical (unpaired) electrons. The highest BCUT2D eigenvalue weighted by Crippen LogP contribution is 2.21. The molecule has 0 saturated carbocycles. The highest BCUT2D eigenvalue weighted by molar-refractivity contribution is 5.95. The molecule has 2 nitrogen and oxygen atoms in total. The maximum Gasteiger partial charge on any atom is 0.471 e. The van der Waals surface area contributed by atoms with Crippen molar-refractivity contribution >= 4 is 11.6 Å². The van der Waals surface area contributed by atoms with Crippen molar-refractivity contribution in [1.82, 2.24) is 0 Å². The van der Waals surface area contributed by atoms with Crippen LogP contribution in [0.1, 0.15) is 11.1 Å². The minimum Gasteiger partial charge on any atom is -0.318 e. The second kappa shape index (κ2) is 3.92. The van der Waals surface area contributed by atoms with Crippen LogP contribution in [0.15, 0.2) is 18.2 Å². The van der Waals surface area contributed by atoms with Crippen LogP contribution in [0.25, 0.3) is 0 Å². The number of halogens is 3. The summed E-state index contributed by atoms with van der Waals surface area (Å²) in [6.45, 7) is 3.46. The summed E-state index contributed by atoms with van der Waals surface area (Å²) in [4.78, 5) is 10.6. The summed E-state index contributed by atoms with van der Waals surface area (Å²) >= 11 is 0. The number of aryl methyl sites for hydroxylation is 2. The number of nitrogens with one attached hydrogen (secondary N) is 1. The van der Waals surface area contributed by atoms with Crippen molar-refractivity contribution in [3.05, 3.63) is 29.3 Å². The van der Waals surface area contributed by atoms with Gasteiger partial charge in [-0.05, 0) is 25.5 Å². The molecule has 82 valence electrons. The van der Waals surface area contributed by atoms with Crippen molar-refractivity contribution in [1.29, 1.82) is 0 Å². The number of carbonyl (C=O) groups excluding carboxylic acids is 1. The van der Waals surface area contributed by atoms with Crippen molar-refractivity contribution in [3.8, 4) is 0 Å². The van der Waals surface area contributed by atoms with Crippen molar-refractivity contribution in [2.45, 2.75) is 20.0 Å². The minimum absolute atomic E-state index is 0.183. The van der Waals surface area contributed by atoms with Crippen LogP contribution in [0.5, 0.6) is 0 Å². The van der Waals surface area contributed by atoms with Gasteiger partial charge >= 0.3 is 12.1 Å². The molecule has 5 heteroatoms. The monoisotopic (exact) mass is 217 g/mol. The van der Waals surface area contributed by atoms with Crippen LogP contribution < -0.4 is 5.32 Å². The lowest BCUT2D eigenvalue weighted by Crippen LogP contribution is -2.30. The van der Waals surface area contributed by atoms with E-state index < -0.39 is 12.1 Å². The van der Waals surface area contributed by atoms with E-state index in [4.69, 9.17) is 0 Å². The Hall–Kier alpha value is -1.52. The van der Waals surface area contributed by atoms with Crippen LogP contribution in [0, 0.1) is 13.8 Å². The van der Waals surface area contributed by atoms with E-state index in [1.807, 2.05) is 12.2 Å². The van der Waals surface area contributed by atoms with Gasteiger partial charge in [-0.25, -0.2) is 0 Å². The molecule has 0 aliphatic carbocycles. The fraction of sp³-hybridized carbons (Fsp3) is 0.300. The van der Waals surface area contributed by atoms with E-state index in [0.29, 0.717) is 5.56 Å². The molecule has 0 aromatic heterocycles. The zero-order chi connectivity index (χ0) is 11.6. The van der Waals surface area contributed by atoms with Gasteiger partial charge in [-0.3, -0.25) is 4.79 Å². The maximum atomic E-state index is 11.9. The van der Waals surface area contributed by atoms with Crippen molar-refractivity contribution in [3.63, 3.8) is 0 Å². The lowest BCUT2D eigenvalue weighted by atomic mass is 10.1. The molecule has 0 spiro atoms. The lowest BCUT2D eigenvalue weighted by molar-refractivity contribution is -0.167. The number of hydrogen-bond acceptors (Lipinski definition) is 1. The van der Waals surface area contributed by atoms with Gasteiger partial charge in [0.25, 0.3) is 0 Å². The first kappa shape index (κ1) is 11.6. The predicted molar refractivity (Wildman–Crippen MR) is 50.6 cm³/mol. The zero-order valence-electron chi connectivity index (χ0n) is 8.27. The normalized spacial score (nSPS) is 11.3. The van der Waals surface area contributed by atoms with E-state index in [0.717, 1.165) is 5.56 Å². The molecule has 0 heterocycles. The topological polar surface area (TPSA) is 29.1 Å². The van der Waals surface area contributed by atoms with Gasteiger partial charge in [-0.1, -0.05) is 17.7 Å². The van der Waals surface area contributed by atoms with Gasteiger partial charge in [0, 0.05) is 5.69 Å². The molecule has 1 aromatic rings. The van der Waals surface area contributed by atoms with Crippen LogP contribution in [0.2, 0.25) is 0 Å². The summed E-state index contributed by atoms with van der Waals surface area (Å²) in [5.74, 6) is -1.95. The first-order chi connectivity index (χ1) is 6.80. The molecule has 0 saturated heterocycles. The molecule has 15 heavy (non-hydrogen) atoms. The van der Waals surface area contributed by atoms with Crippen LogP contribution in [-0.4, -0.2) is 12.1 Å². The van der Waals surface area contributed by atoms with Gasteiger partial charge in [0.1, 0.15) is 0 Å². The average Bonchev–Trinajstić information content (AvgIpc) is 2.08. The van der Waals surface area contributed by atoms with Crippen LogP contribution >= 0.6 is 0 Å². The molecule has 0 fully saturated rings. The fourth-order valence-corrected chi connectivity index (χ4v) is 1.15. The summed E-state index contributed by atoms with van der Waals surface area (Å²) < 4.78 is 35.8. The maximum absolute atomic E-state index is 11.9. The standard InChI is InChI=1S/C10H10F3NO/c1-6-3-4-8(7(2)5-6)14-9(15)10(11,12)13/h3-5H,1-2H3,(H,14,15). The van der Waals surface area contributed by atoms with Gasteiger partial charge in [-0.15, -0.1) is 0 Å². The Kier molecular flexibility index (Phi) is 3.02. The number of benzene rings is 1. The summed E-state index contributed by atoms with van der Waals surface area (Å²) in [7, 11) is 0. The van der Waals surface area contributed by atoms with Gasteiger partial charge in [-0.2, -0.15) is 13.2 Å². The Balaban J connectivity index is 2.87. The van der Waals surface area contributed by atoms with E-state index in [1.54, 1.807) is 19.1 Å². The molecular formula is C10H10F3NO. The van der Waals surface area contributed by atoms with Crippen molar-refractivity contribution < 1.29 is 18.0 Å². The first-order valence-corrected chi connectivity index (χ1v) is 4.26. The largest absolute Gasteiger partial charge is 0.471 e. The molecule has 1 aromatic carbocycles. The van der Waals surface area contributed by atoms with Crippen LogP contribution in [0.4, 0.5) is 18.9 Å². The zero-order valence-corrected chi connectivity index (χ0v) is 8.27. The third-order valence-electron chi connectivity index (χ3n) is 1.89. The number of alkyl halides is 3. The molecule has 0 aliphatic heterocycles. The van der Waals surface area contributed by atoms with E-state index in [-0.39, 0.29) is 5.69 Å². The van der Waals surface area contributed by atoms with Gasteiger partial charge in [0.05, 0.1) is 0 Å². The predicted octanol–water partition coefficient (Wildman–Crippen LogP) is 2.80. The molecule has 0 aliphatic rings. The van der Waals surface area contributed by atoms with Crippen molar-refractivity contribution in [2.24, 2.45) is 0 Å². The molecule has 1 amide bonds. The third kappa shape index (κ3) is 2.97. The Morgan fingerprint density at radius 1 is 1.27 bits per heavy atom. The smallest absolute Gasteiger partial charge is 0.318 e. The first-order valence-electron chi connectivity index (χ1n) is 4.26. The minimum atomic E-state index is -4.85. The number of rotatable bonds is 1. The number of hydrogen-bond donors (Lipinski definition) is 1. The summed E-state index contributed by atoms with van der Waals surface area (Å²) in [6.07, 6.45) is -4.85. The van der Waals surface area contributed by atoms with Gasteiger partial charge in [0.2, 0.25) is 0 Å². The summed E-state index contributed by atoms with van der Waals surface area (Å²) in [5.41, 5.74) is 1.72. The highest BCUT2D eigenvalue weighted by Gasteiger charge is 2.38. The lowest BCUT2D eigenvalue weighted by Gasteiger charge is -2.10. The number of amides is 1. The Morgan fingerprint density at radius 3 is 2.33 bits per heavy atom. The molecule has 1 N–H and O–H groups in total. The second-order valence-corrected chi connectivity index (χ2v) is 3.27. The molecule has 0 bridgehead atoms. The summed E-state index contributed by atoms with van der Waals surface area (Å²) in [5, 5.41) is 1.81. The highest BCUT2D eigenvalue weighted by atomic mass is 19.4. The molecule has 1 rings (SSSR count). The number of anilines is 1. The van der Waals surface area contributed by atoms with E-state index in [9.17, 15) is 18.0 Å². The summed E-state index contributed by atoms with van der Waals surface area (Å²) in [6, 6.07) is 4.79. The quantitative estimate of drug-likeness (QED) is 0.769. The Labute approximate surface area is 85.1 Å². The molecular weight excluding hydrogens is 207 g/mol. The second-order valence-electron chi connectivity index (χ2n) is 3.27. The van der Waals surface area contributed by atoms with E-state index >= 15 is 0 Å². The average molecular weight is 217 g/mol. The Morgan fingerprint density at radius 2 is 1.87 bits per heavy atom. The Bertz CT molecular complexity index is 385. The molecule has 0 unspecified atom stereocenters. The molecule has 0 atom stereocenters. The SMILES string of the molecule is Cc1ccc(NC(=O)C(F)(F)F)c(C)c1. The van der Waals surface area contributed by atoms with Gasteiger partial charge in [0.15, 0.2) is 0 Å². The van der Waals surface area contributed by atoms with E-state index in [2.05, 4.69) is 0 Å². The number of carbonyl (C=O) groups is 1. The van der Waals surface area contributed by atoms with Crippen molar-refractivity contribution in [2.75, 3.05) is 5.32 Å².